The Bertz CT molecular complexity index is 1040. The van der Waals surface area contributed by atoms with Crippen molar-refractivity contribution in [2.24, 2.45) is 5.92 Å². The van der Waals surface area contributed by atoms with Crippen molar-refractivity contribution in [3.8, 4) is 22.1 Å². The van der Waals surface area contributed by atoms with Crippen LogP contribution in [-0.4, -0.2) is 37.1 Å². The summed E-state index contributed by atoms with van der Waals surface area (Å²) < 4.78 is 15.9. The van der Waals surface area contributed by atoms with Gasteiger partial charge in [-0.3, -0.25) is 4.79 Å². The van der Waals surface area contributed by atoms with Gasteiger partial charge in [-0.25, -0.2) is 9.78 Å². The fraction of sp³-hybridized carbons (Fsp3) is 0.292. The molecule has 3 rings (SSSR count). The molecular formula is C24H26N2O5S. The van der Waals surface area contributed by atoms with Crippen LogP contribution in [-0.2, 0) is 16.1 Å². The van der Waals surface area contributed by atoms with Gasteiger partial charge in [-0.2, -0.15) is 0 Å². The largest absolute Gasteiger partial charge is 0.497 e. The first kappa shape index (κ1) is 23.3. The van der Waals surface area contributed by atoms with Crippen LogP contribution in [0.25, 0.3) is 10.6 Å². The monoisotopic (exact) mass is 454 g/mol. The van der Waals surface area contributed by atoms with Crippen LogP contribution >= 0.6 is 11.3 Å². The fourth-order valence-electron chi connectivity index (χ4n) is 2.98. The Kier molecular flexibility index (Phi) is 7.83. The van der Waals surface area contributed by atoms with Crippen LogP contribution in [0.3, 0.4) is 0 Å². The van der Waals surface area contributed by atoms with Gasteiger partial charge in [-0.1, -0.05) is 44.2 Å². The molecule has 1 atom stereocenters. The second-order valence-electron chi connectivity index (χ2n) is 7.41. The first-order valence-corrected chi connectivity index (χ1v) is 11.0. The zero-order chi connectivity index (χ0) is 23.1. The van der Waals surface area contributed by atoms with E-state index in [0.29, 0.717) is 22.8 Å². The number of carbonyl (C=O) groups is 2. The molecule has 0 saturated carbocycles. The first-order valence-electron chi connectivity index (χ1n) is 10.1. The summed E-state index contributed by atoms with van der Waals surface area (Å²) in [6, 6.07) is 13.8. The van der Waals surface area contributed by atoms with Crippen LogP contribution in [0, 0.1) is 5.92 Å². The summed E-state index contributed by atoms with van der Waals surface area (Å²) >= 11 is 1.49. The number of methoxy groups -OCH3 is 2. The predicted molar refractivity (Wildman–Crippen MR) is 123 cm³/mol. The lowest BCUT2D eigenvalue weighted by Gasteiger charge is -2.21. The molecule has 1 N–H and O–H groups in total. The van der Waals surface area contributed by atoms with E-state index < -0.39 is 17.9 Å². The molecule has 1 unspecified atom stereocenters. The van der Waals surface area contributed by atoms with Crippen molar-refractivity contribution in [3.05, 3.63) is 65.2 Å². The minimum Gasteiger partial charge on any atom is -0.497 e. The summed E-state index contributed by atoms with van der Waals surface area (Å²) in [6.45, 7) is 3.72. The summed E-state index contributed by atoms with van der Waals surface area (Å²) in [5.74, 6) is -0.142. The number of thiazole rings is 1. The Morgan fingerprint density at radius 3 is 2.28 bits per heavy atom. The van der Waals surface area contributed by atoms with E-state index >= 15 is 0 Å². The molecule has 168 valence electrons. The average Bonchev–Trinajstić information content (AvgIpc) is 3.30. The van der Waals surface area contributed by atoms with Crippen LogP contribution in [0.15, 0.2) is 53.9 Å². The zero-order valence-corrected chi connectivity index (χ0v) is 19.3. The number of hydrogen-bond acceptors (Lipinski definition) is 7. The van der Waals surface area contributed by atoms with Crippen LogP contribution in [0.5, 0.6) is 11.5 Å². The summed E-state index contributed by atoms with van der Waals surface area (Å²) in [5.41, 5.74) is 2.00. The van der Waals surface area contributed by atoms with Crippen molar-refractivity contribution < 1.29 is 23.8 Å². The van der Waals surface area contributed by atoms with Gasteiger partial charge in [0.25, 0.3) is 5.91 Å². The smallest absolute Gasteiger partial charge is 0.329 e. The van der Waals surface area contributed by atoms with Crippen LogP contribution in [0.1, 0.15) is 29.9 Å². The van der Waals surface area contributed by atoms with Crippen LogP contribution in [0.4, 0.5) is 0 Å². The summed E-state index contributed by atoms with van der Waals surface area (Å²) in [5, 5.41) is 5.48. The fourth-order valence-corrected chi connectivity index (χ4v) is 3.79. The molecule has 0 radical (unpaired) electrons. The normalized spacial score (nSPS) is 11.7. The number of amides is 1. The number of esters is 1. The van der Waals surface area contributed by atoms with Gasteiger partial charge in [0.2, 0.25) is 0 Å². The molecular weight excluding hydrogens is 428 g/mol. The summed E-state index contributed by atoms with van der Waals surface area (Å²) in [4.78, 5) is 30.1. The molecule has 0 aliphatic heterocycles. The first-order chi connectivity index (χ1) is 15.4. The lowest BCUT2D eigenvalue weighted by molar-refractivity contribution is -0.148. The lowest BCUT2D eigenvalue weighted by atomic mass is 10.0. The average molecular weight is 455 g/mol. The highest BCUT2D eigenvalue weighted by atomic mass is 32.1. The maximum absolute atomic E-state index is 12.8. The minimum absolute atomic E-state index is 0.0360. The Morgan fingerprint density at radius 1 is 1.03 bits per heavy atom. The van der Waals surface area contributed by atoms with E-state index in [2.05, 4.69) is 10.3 Å². The van der Waals surface area contributed by atoms with Crippen molar-refractivity contribution in [2.75, 3.05) is 14.2 Å². The van der Waals surface area contributed by atoms with E-state index in [1.54, 1.807) is 18.2 Å². The van der Waals surface area contributed by atoms with Gasteiger partial charge >= 0.3 is 5.97 Å². The zero-order valence-electron chi connectivity index (χ0n) is 18.5. The van der Waals surface area contributed by atoms with Gasteiger partial charge in [-0.05, 0) is 18.1 Å². The van der Waals surface area contributed by atoms with E-state index in [4.69, 9.17) is 14.2 Å². The van der Waals surface area contributed by atoms with Crippen molar-refractivity contribution in [2.45, 2.75) is 26.5 Å². The van der Waals surface area contributed by atoms with Gasteiger partial charge < -0.3 is 19.5 Å². The Hall–Kier alpha value is -3.39. The lowest BCUT2D eigenvalue weighted by Crippen LogP contribution is -2.45. The molecule has 8 heteroatoms. The van der Waals surface area contributed by atoms with Crippen molar-refractivity contribution in [1.82, 2.24) is 10.3 Å². The Balaban J connectivity index is 1.65. The van der Waals surface area contributed by atoms with E-state index in [-0.39, 0.29) is 12.5 Å². The van der Waals surface area contributed by atoms with E-state index in [1.807, 2.05) is 49.6 Å². The summed E-state index contributed by atoms with van der Waals surface area (Å²) in [7, 11) is 3.01. The number of benzene rings is 2. The third kappa shape index (κ3) is 5.85. The molecule has 0 spiro atoms. The molecule has 2 aromatic carbocycles. The maximum Gasteiger partial charge on any atom is 0.329 e. The highest BCUT2D eigenvalue weighted by molar-refractivity contribution is 7.13. The second kappa shape index (κ2) is 10.8. The van der Waals surface area contributed by atoms with Gasteiger partial charge in [0.1, 0.15) is 29.2 Å². The van der Waals surface area contributed by atoms with Gasteiger partial charge in [0, 0.05) is 22.6 Å². The molecule has 1 amide bonds. The predicted octanol–water partition coefficient (Wildman–Crippen LogP) is 4.33. The molecule has 32 heavy (non-hydrogen) atoms. The standard InChI is InChI=1S/C24H26N2O5S/c1-15(2)21(26-22(27)17-10-19(29-3)12-20(11-17)30-4)24(28)31-13-18-14-32-23(25-18)16-8-6-5-7-9-16/h5-12,14-15,21H,13H2,1-4H3,(H,26,27). The third-order valence-corrected chi connectivity index (χ3v) is 5.70. The third-order valence-electron chi connectivity index (χ3n) is 4.76. The molecule has 1 heterocycles. The molecule has 0 aliphatic carbocycles. The SMILES string of the molecule is COc1cc(OC)cc(C(=O)NC(C(=O)OCc2csc(-c3ccccc3)n2)C(C)C)c1. The van der Waals surface area contributed by atoms with Gasteiger partial charge in [0.15, 0.2) is 0 Å². The minimum atomic E-state index is -0.813. The van der Waals surface area contributed by atoms with Crippen molar-refractivity contribution in [3.63, 3.8) is 0 Å². The van der Waals surface area contributed by atoms with E-state index in [9.17, 15) is 9.59 Å². The van der Waals surface area contributed by atoms with E-state index in [1.165, 1.54) is 25.6 Å². The quantitative estimate of drug-likeness (QED) is 0.485. The maximum atomic E-state index is 12.8. The van der Waals surface area contributed by atoms with Crippen molar-refractivity contribution >= 4 is 23.2 Å². The number of aromatic nitrogens is 1. The highest BCUT2D eigenvalue weighted by Crippen LogP contribution is 2.24. The van der Waals surface area contributed by atoms with Crippen LogP contribution in [0.2, 0.25) is 0 Å². The molecule has 3 aromatic rings. The van der Waals surface area contributed by atoms with Crippen LogP contribution < -0.4 is 14.8 Å². The number of ether oxygens (including phenoxy) is 3. The number of rotatable bonds is 9. The highest BCUT2D eigenvalue weighted by Gasteiger charge is 2.27. The molecule has 7 nitrogen and oxygen atoms in total. The van der Waals surface area contributed by atoms with E-state index in [0.717, 1.165) is 10.6 Å². The van der Waals surface area contributed by atoms with Crippen molar-refractivity contribution in [1.29, 1.82) is 0 Å². The molecule has 1 aromatic heterocycles. The van der Waals surface area contributed by atoms with Gasteiger partial charge in [0.05, 0.1) is 19.9 Å². The molecule has 0 aliphatic rings. The number of nitrogens with one attached hydrogen (secondary N) is 1. The van der Waals surface area contributed by atoms with Gasteiger partial charge in [-0.15, -0.1) is 11.3 Å². The number of carbonyl (C=O) groups excluding carboxylic acids is 2. The topological polar surface area (TPSA) is 86.8 Å². The molecule has 0 fully saturated rings. The summed E-state index contributed by atoms with van der Waals surface area (Å²) in [6.07, 6.45) is 0. The number of hydrogen-bond donors (Lipinski definition) is 1. The molecule has 0 saturated heterocycles. The second-order valence-corrected chi connectivity index (χ2v) is 8.27. The number of nitrogens with zero attached hydrogens (tertiary/aromatic N) is 1. The Labute approximate surface area is 191 Å². The molecule has 0 bridgehead atoms. The Morgan fingerprint density at radius 2 is 1.69 bits per heavy atom.